The fourth-order valence-electron chi connectivity index (χ4n) is 2.46. The first kappa shape index (κ1) is 12.3. The third-order valence-electron chi connectivity index (χ3n) is 3.51. The SMILES string of the molecule is O=[Se]1CN(CCN2CCOCC2)c2ccccc21. The summed E-state index contributed by atoms with van der Waals surface area (Å²) >= 11 is -1.81. The minimum absolute atomic E-state index is 0.740. The molecule has 0 aliphatic carbocycles. The van der Waals surface area contributed by atoms with E-state index in [0.717, 1.165) is 49.3 Å². The molecule has 5 heteroatoms. The zero-order valence-corrected chi connectivity index (χ0v) is 12.1. The Bertz CT molecular complexity index is 446. The van der Waals surface area contributed by atoms with E-state index in [0.29, 0.717) is 0 Å². The number of hydrogen-bond donors (Lipinski definition) is 0. The molecule has 98 valence electrons. The van der Waals surface area contributed by atoms with E-state index in [2.05, 4.69) is 15.9 Å². The van der Waals surface area contributed by atoms with Gasteiger partial charge in [0.25, 0.3) is 0 Å². The van der Waals surface area contributed by atoms with Crippen LogP contribution in [0.15, 0.2) is 24.3 Å². The molecule has 1 fully saturated rings. The number of nitrogens with zero attached hydrogens (tertiary/aromatic N) is 2. The minimum atomic E-state index is -1.81. The molecular weight excluding hydrogens is 295 g/mol. The van der Waals surface area contributed by atoms with Crippen LogP contribution in [-0.2, 0) is 8.57 Å². The molecule has 3 rings (SSSR count). The molecule has 0 N–H and O–H groups in total. The zero-order valence-electron chi connectivity index (χ0n) is 10.4. The van der Waals surface area contributed by atoms with Crippen LogP contribution < -0.4 is 9.36 Å². The molecule has 2 heterocycles. The molecule has 0 aromatic heterocycles. The van der Waals surface area contributed by atoms with Gasteiger partial charge in [0.05, 0.1) is 0 Å². The van der Waals surface area contributed by atoms with Crippen molar-refractivity contribution in [1.29, 1.82) is 0 Å². The predicted octanol–water partition coefficient (Wildman–Crippen LogP) is 0.00700. The second-order valence-corrected chi connectivity index (χ2v) is 7.57. The first-order valence-corrected chi connectivity index (χ1v) is 9.14. The van der Waals surface area contributed by atoms with Gasteiger partial charge in [0.1, 0.15) is 0 Å². The van der Waals surface area contributed by atoms with Crippen molar-refractivity contribution in [3.05, 3.63) is 24.3 Å². The van der Waals surface area contributed by atoms with E-state index in [1.54, 1.807) is 0 Å². The Balaban J connectivity index is 1.62. The number of fused-ring (bicyclic) bond motifs is 1. The molecule has 0 saturated carbocycles. The molecule has 1 aromatic carbocycles. The fraction of sp³-hybridized carbons (Fsp3) is 0.538. The van der Waals surface area contributed by atoms with Crippen molar-refractivity contribution in [2.45, 2.75) is 0 Å². The summed E-state index contributed by atoms with van der Waals surface area (Å²) in [6.07, 6.45) is 0. The Hall–Kier alpha value is -0.741. The Morgan fingerprint density at radius 1 is 1.17 bits per heavy atom. The van der Waals surface area contributed by atoms with Crippen molar-refractivity contribution in [2.75, 3.05) is 49.7 Å². The first-order valence-electron chi connectivity index (χ1n) is 6.37. The van der Waals surface area contributed by atoms with E-state index in [1.807, 2.05) is 18.2 Å². The van der Waals surface area contributed by atoms with Gasteiger partial charge in [-0.25, -0.2) is 0 Å². The zero-order chi connectivity index (χ0) is 12.4. The summed E-state index contributed by atoms with van der Waals surface area (Å²) in [5.74, 6) is 0. The number of morpholine rings is 1. The average molecular weight is 313 g/mol. The Labute approximate surface area is 112 Å². The molecule has 0 amide bonds. The number of hydrogen-bond acceptors (Lipinski definition) is 4. The maximum absolute atomic E-state index is 12.1. The van der Waals surface area contributed by atoms with Gasteiger partial charge in [0.15, 0.2) is 0 Å². The van der Waals surface area contributed by atoms with E-state index in [-0.39, 0.29) is 0 Å². The van der Waals surface area contributed by atoms with E-state index < -0.39 is 13.8 Å². The van der Waals surface area contributed by atoms with Crippen LogP contribution >= 0.6 is 0 Å². The van der Waals surface area contributed by atoms with E-state index in [1.165, 1.54) is 5.69 Å². The van der Waals surface area contributed by atoms with E-state index in [4.69, 9.17) is 4.74 Å². The topological polar surface area (TPSA) is 32.8 Å². The summed E-state index contributed by atoms with van der Waals surface area (Å²) in [5.41, 5.74) is 1.93. The number of rotatable bonds is 3. The maximum atomic E-state index is 12.1. The van der Waals surface area contributed by atoms with E-state index in [9.17, 15) is 3.83 Å². The second kappa shape index (κ2) is 5.49. The van der Waals surface area contributed by atoms with Crippen molar-refractivity contribution in [1.82, 2.24) is 4.90 Å². The van der Waals surface area contributed by atoms with Crippen LogP contribution in [0.4, 0.5) is 5.69 Å². The molecule has 18 heavy (non-hydrogen) atoms. The Kier molecular flexibility index (Phi) is 3.75. The summed E-state index contributed by atoms with van der Waals surface area (Å²) in [5, 5.41) is 0. The first-order chi connectivity index (χ1) is 8.84. The molecule has 1 saturated heterocycles. The van der Waals surface area contributed by atoms with Crippen molar-refractivity contribution in [3.8, 4) is 0 Å². The van der Waals surface area contributed by atoms with Crippen molar-refractivity contribution in [3.63, 3.8) is 0 Å². The third kappa shape index (κ3) is 2.50. The summed E-state index contributed by atoms with van der Waals surface area (Å²) in [6, 6.07) is 8.13. The molecule has 4 nitrogen and oxygen atoms in total. The van der Waals surface area contributed by atoms with Gasteiger partial charge in [-0.1, -0.05) is 0 Å². The van der Waals surface area contributed by atoms with Gasteiger partial charge in [0, 0.05) is 0 Å². The van der Waals surface area contributed by atoms with Gasteiger partial charge in [0.2, 0.25) is 0 Å². The fourth-order valence-corrected chi connectivity index (χ4v) is 5.30. The number of benzene rings is 1. The van der Waals surface area contributed by atoms with Gasteiger partial charge >= 0.3 is 111 Å². The Morgan fingerprint density at radius 2 is 1.94 bits per heavy atom. The second-order valence-electron chi connectivity index (χ2n) is 4.66. The molecule has 2 aliphatic heterocycles. The Morgan fingerprint density at radius 3 is 2.78 bits per heavy atom. The summed E-state index contributed by atoms with van der Waals surface area (Å²) in [4.78, 5) is 4.70. The molecule has 0 spiro atoms. The van der Waals surface area contributed by atoms with Crippen LogP contribution in [0.5, 0.6) is 0 Å². The molecule has 0 bridgehead atoms. The summed E-state index contributed by atoms with van der Waals surface area (Å²) < 4.78 is 18.5. The van der Waals surface area contributed by atoms with Gasteiger partial charge < -0.3 is 0 Å². The van der Waals surface area contributed by atoms with Crippen LogP contribution in [0.25, 0.3) is 0 Å². The number of ether oxygens (including phenoxy) is 1. The number of anilines is 1. The average Bonchev–Trinajstić information content (AvgIpc) is 2.75. The molecule has 2 aliphatic rings. The van der Waals surface area contributed by atoms with Crippen LogP contribution in [0.1, 0.15) is 0 Å². The molecule has 1 unspecified atom stereocenters. The standard InChI is InChI=1S/C13H18N2O2Se/c16-18-11-15(12-3-1-2-4-13(12)18)6-5-14-7-9-17-10-8-14/h1-4H,5-11H2. The van der Waals surface area contributed by atoms with Crippen molar-refractivity contribution >= 4 is 24.0 Å². The van der Waals surface area contributed by atoms with Crippen molar-refractivity contribution < 1.29 is 8.57 Å². The van der Waals surface area contributed by atoms with Gasteiger partial charge in [-0.3, -0.25) is 0 Å². The molecular formula is C13H18N2O2Se. The van der Waals surface area contributed by atoms with Gasteiger partial charge in [-0.15, -0.1) is 0 Å². The van der Waals surface area contributed by atoms with Crippen LogP contribution in [0.3, 0.4) is 0 Å². The summed E-state index contributed by atoms with van der Waals surface area (Å²) in [6.45, 7) is 5.73. The number of para-hydroxylation sites is 1. The quantitative estimate of drug-likeness (QED) is 0.736. The molecule has 0 radical (unpaired) electrons. The van der Waals surface area contributed by atoms with Gasteiger partial charge in [-0.2, -0.15) is 0 Å². The third-order valence-corrected chi connectivity index (χ3v) is 6.41. The molecule has 1 atom stereocenters. The van der Waals surface area contributed by atoms with Crippen molar-refractivity contribution in [2.24, 2.45) is 0 Å². The van der Waals surface area contributed by atoms with Gasteiger partial charge in [-0.05, 0) is 0 Å². The normalized spacial score (nSPS) is 24.2. The summed E-state index contributed by atoms with van der Waals surface area (Å²) in [7, 11) is 0. The molecule has 1 aromatic rings. The van der Waals surface area contributed by atoms with Crippen LogP contribution in [0, 0.1) is 0 Å². The monoisotopic (exact) mass is 314 g/mol. The van der Waals surface area contributed by atoms with Crippen LogP contribution in [0.2, 0.25) is 0 Å². The van der Waals surface area contributed by atoms with Crippen LogP contribution in [-0.4, -0.2) is 63.6 Å². The van der Waals surface area contributed by atoms with E-state index >= 15 is 0 Å². The predicted molar refractivity (Wildman–Crippen MR) is 72.0 cm³/mol.